The summed E-state index contributed by atoms with van der Waals surface area (Å²) in [5, 5.41) is 2.99. The number of carbonyl (C=O) groups excluding carboxylic acids is 1. The number of nitrogens with one attached hydrogen (secondary N) is 1. The summed E-state index contributed by atoms with van der Waals surface area (Å²) in [5.41, 5.74) is -0.130. The third-order valence-corrected chi connectivity index (χ3v) is 1.62. The molecule has 3 nitrogen and oxygen atoms in total. The van der Waals surface area contributed by atoms with Gasteiger partial charge in [-0.2, -0.15) is 4.39 Å². The van der Waals surface area contributed by atoms with E-state index in [1.165, 1.54) is 12.3 Å². The molecule has 0 amide bonds. The van der Waals surface area contributed by atoms with Gasteiger partial charge in [-0.1, -0.05) is 11.6 Å². The van der Waals surface area contributed by atoms with Crippen molar-refractivity contribution in [3.63, 3.8) is 0 Å². The maximum atomic E-state index is 12.4. The Morgan fingerprint density at radius 1 is 1.77 bits per heavy atom. The van der Waals surface area contributed by atoms with E-state index in [9.17, 15) is 9.18 Å². The van der Waals surface area contributed by atoms with Crippen molar-refractivity contribution in [3.05, 3.63) is 22.8 Å². The summed E-state index contributed by atoms with van der Waals surface area (Å²) in [6.45, 7) is 2.39. The van der Waals surface area contributed by atoms with Gasteiger partial charge in [0.15, 0.2) is 0 Å². The van der Waals surface area contributed by atoms with Crippen molar-refractivity contribution in [2.45, 2.75) is 6.92 Å². The minimum atomic E-state index is -1.54. The second kappa shape index (κ2) is 4.18. The van der Waals surface area contributed by atoms with E-state index in [0.29, 0.717) is 6.54 Å². The van der Waals surface area contributed by atoms with Crippen LogP contribution in [0.4, 0.5) is 10.2 Å². The molecule has 0 fully saturated rings. The number of nitrogens with zero attached hydrogens (tertiary/aromatic N) is 1. The van der Waals surface area contributed by atoms with Crippen LogP contribution in [0.25, 0.3) is 0 Å². The van der Waals surface area contributed by atoms with Crippen LogP contribution in [0.1, 0.15) is 17.3 Å². The molecule has 0 unspecified atom stereocenters. The van der Waals surface area contributed by atoms with E-state index in [4.69, 9.17) is 11.6 Å². The zero-order valence-electron chi connectivity index (χ0n) is 6.97. The van der Waals surface area contributed by atoms with Crippen LogP contribution in [-0.4, -0.2) is 17.6 Å². The molecule has 5 heteroatoms. The highest BCUT2D eigenvalue weighted by molar-refractivity contribution is 6.30. The van der Waals surface area contributed by atoms with Gasteiger partial charge < -0.3 is 5.32 Å². The molecule has 0 bridgehead atoms. The van der Waals surface area contributed by atoms with Gasteiger partial charge in [-0.25, -0.2) is 4.98 Å². The number of pyridine rings is 1. The molecule has 0 saturated carbocycles. The maximum absolute atomic E-state index is 12.4. The highest BCUT2D eigenvalue weighted by Crippen LogP contribution is 2.18. The number of halogens is 2. The highest BCUT2D eigenvalue weighted by Gasteiger charge is 2.11. The molecular formula is C8H8ClFN2O. The van der Waals surface area contributed by atoms with Gasteiger partial charge in [-0.3, -0.25) is 4.79 Å². The van der Waals surface area contributed by atoms with Crippen LogP contribution in [0.5, 0.6) is 0 Å². The van der Waals surface area contributed by atoms with Gasteiger partial charge in [-0.05, 0) is 13.0 Å². The van der Waals surface area contributed by atoms with E-state index in [1.54, 1.807) is 0 Å². The molecule has 1 aromatic rings. The highest BCUT2D eigenvalue weighted by atomic mass is 35.5. The van der Waals surface area contributed by atoms with E-state index >= 15 is 0 Å². The molecule has 1 rings (SSSR count). The Morgan fingerprint density at radius 3 is 3.00 bits per heavy atom. The van der Waals surface area contributed by atoms with Gasteiger partial charge in [0.2, 0.25) is 0 Å². The van der Waals surface area contributed by atoms with Gasteiger partial charge in [0.05, 0.1) is 10.6 Å². The minimum absolute atomic E-state index is 0.130. The Morgan fingerprint density at radius 2 is 2.46 bits per heavy atom. The van der Waals surface area contributed by atoms with E-state index in [1.807, 2.05) is 6.92 Å². The fraction of sp³-hybridized carbons (Fsp3) is 0.250. The Kier molecular flexibility index (Phi) is 3.19. The molecule has 1 heterocycles. The maximum Gasteiger partial charge on any atom is 0.335 e. The lowest BCUT2D eigenvalue weighted by Crippen LogP contribution is -2.05. The Labute approximate surface area is 79.9 Å². The first-order valence-electron chi connectivity index (χ1n) is 3.74. The van der Waals surface area contributed by atoms with Gasteiger partial charge >= 0.3 is 6.04 Å². The van der Waals surface area contributed by atoms with E-state index in [2.05, 4.69) is 10.3 Å². The summed E-state index contributed by atoms with van der Waals surface area (Å²) in [5.74, 6) is 0.222. The van der Waals surface area contributed by atoms with Crippen LogP contribution in [0.3, 0.4) is 0 Å². The molecule has 1 aromatic heterocycles. The molecule has 70 valence electrons. The lowest BCUT2D eigenvalue weighted by molar-refractivity contribution is 0.0836. The standard InChI is InChI=1S/C8H8ClFN2O/c1-2-11-8-6(7(10)13)3-5(9)4-12-8/h3-4H,2H2,1H3,(H,11,12). The van der Waals surface area contributed by atoms with E-state index < -0.39 is 6.04 Å². The first-order chi connectivity index (χ1) is 6.15. The minimum Gasteiger partial charge on any atom is -0.370 e. The van der Waals surface area contributed by atoms with Crippen LogP contribution in [0.2, 0.25) is 5.02 Å². The van der Waals surface area contributed by atoms with Crippen molar-refractivity contribution >= 4 is 23.5 Å². The fourth-order valence-corrected chi connectivity index (χ4v) is 1.06. The van der Waals surface area contributed by atoms with Crippen molar-refractivity contribution in [3.8, 4) is 0 Å². The van der Waals surface area contributed by atoms with Gasteiger partial charge in [-0.15, -0.1) is 0 Å². The third kappa shape index (κ3) is 2.39. The van der Waals surface area contributed by atoms with Crippen LogP contribution in [0, 0.1) is 0 Å². The molecule has 1 N–H and O–H groups in total. The average molecular weight is 203 g/mol. The summed E-state index contributed by atoms with van der Waals surface area (Å²) < 4.78 is 12.4. The smallest absolute Gasteiger partial charge is 0.335 e. The second-order valence-corrected chi connectivity index (χ2v) is 2.79. The SMILES string of the molecule is CCNc1ncc(Cl)cc1C(=O)F. The number of hydrogen-bond acceptors (Lipinski definition) is 3. The van der Waals surface area contributed by atoms with Crippen LogP contribution in [-0.2, 0) is 0 Å². The predicted octanol–water partition coefficient (Wildman–Crippen LogP) is 2.28. The van der Waals surface area contributed by atoms with Gasteiger partial charge in [0, 0.05) is 12.7 Å². The molecule has 0 aliphatic carbocycles. The summed E-state index contributed by atoms with van der Waals surface area (Å²) >= 11 is 5.55. The zero-order chi connectivity index (χ0) is 9.84. The zero-order valence-corrected chi connectivity index (χ0v) is 7.73. The van der Waals surface area contributed by atoms with Gasteiger partial charge in [0.1, 0.15) is 5.82 Å². The molecule has 0 aliphatic heterocycles. The van der Waals surface area contributed by atoms with Crippen molar-refractivity contribution in [1.82, 2.24) is 4.98 Å². The van der Waals surface area contributed by atoms with Crippen molar-refractivity contribution in [2.24, 2.45) is 0 Å². The fourth-order valence-electron chi connectivity index (χ4n) is 0.897. The quantitative estimate of drug-likeness (QED) is 0.765. The summed E-state index contributed by atoms with van der Waals surface area (Å²) in [6.07, 6.45) is 1.35. The summed E-state index contributed by atoms with van der Waals surface area (Å²) in [6, 6.07) is -0.291. The van der Waals surface area contributed by atoms with Crippen LogP contribution in [0.15, 0.2) is 12.3 Å². The number of hydrogen-bond donors (Lipinski definition) is 1. The first kappa shape index (κ1) is 9.92. The lowest BCUT2D eigenvalue weighted by atomic mass is 10.2. The number of carbonyl (C=O) groups is 1. The number of rotatable bonds is 3. The van der Waals surface area contributed by atoms with Crippen LogP contribution < -0.4 is 5.32 Å². The van der Waals surface area contributed by atoms with Crippen molar-refractivity contribution < 1.29 is 9.18 Å². The number of aromatic nitrogens is 1. The van der Waals surface area contributed by atoms with E-state index in [0.717, 1.165) is 0 Å². The summed E-state index contributed by atoms with van der Waals surface area (Å²) in [7, 11) is 0. The van der Waals surface area contributed by atoms with Crippen LogP contribution >= 0.6 is 11.6 Å². The molecular weight excluding hydrogens is 195 g/mol. The molecule has 0 saturated heterocycles. The largest absolute Gasteiger partial charge is 0.370 e. The molecule has 0 spiro atoms. The van der Waals surface area contributed by atoms with Gasteiger partial charge in [0.25, 0.3) is 0 Å². The molecule has 0 radical (unpaired) electrons. The molecule has 0 aliphatic rings. The predicted molar refractivity (Wildman–Crippen MR) is 48.8 cm³/mol. The lowest BCUT2D eigenvalue weighted by Gasteiger charge is -2.05. The molecule has 0 aromatic carbocycles. The Bertz CT molecular complexity index is 330. The average Bonchev–Trinajstić information content (AvgIpc) is 2.08. The topological polar surface area (TPSA) is 42.0 Å². The first-order valence-corrected chi connectivity index (χ1v) is 4.12. The monoisotopic (exact) mass is 202 g/mol. The number of anilines is 1. The normalized spacial score (nSPS) is 9.77. The van der Waals surface area contributed by atoms with E-state index in [-0.39, 0.29) is 16.4 Å². The summed E-state index contributed by atoms with van der Waals surface area (Å²) in [4.78, 5) is 14.3. The Balaban J connectivity index is 3.10. The Hall–Kier alpha value is -1.16. The molecule has 13 heavy (non-hydrogen) atoms. The second-order valence-electron chi connectivity index (χ2n) is 2.35. The molecule has 0 atom stereocenters. The van der Waals surface area contributed by atoms with Crippen molar-refractivity contribution in [2.75, 3.05) is 11.9 Å². The third-order valence-electron chi connectivity index (χ3n) is 1.41. The van der Waals surface area contributed by atoms with Crippen molar-refractivity contribution in [1.29, 1.82) is 0 Å².